The molecule has 148 valence electrons. The summed E-state index contributed by atoms with van der Waals surface area (Å²) in [5, 5.41) is 14.6. The van der Waals surface area contributed by atoms with Gasteiger partial charge in [0.2, 0.25) is 0 Å². The van der Waals surface area contributed by atoms with Crippen molar-refractivity contribution in [2.24, 2.45) is 7.05 Å². The number of aliphatic carboxylic acids is 1. The molecule has 3 rings (SSSR count). The number of rotatable bonds is 2. The van der Waals surface area contributed by atoms with Gasteiger partial charge in [-0.2, -0.15) is 18.3 Å². The summed E-state index contributed by atoms with van der Waals surface area (Å²) in [6.07, 6.45) is 0.0356. The molecule has 2 aromatic heterocycles. The normalized spacial score (nSPS) is 14.0. The number of fused-ring (bicyclic) bond motifs is 1. The second kappa shape index (κ2) is 8.65. The van der Waals surface area contributed by atoms with Crippen molar-refractivity contribution in [2.75, 3.05) is 13.1 Å². The number of carboxylic acids is 1. The van der Waals surface area contributed by atoms with Crippen LogP contribution in [0.25, 0.3) is 0 Å². The van der Waals surface area contributed by atoms with Crippen LogP contribution in [0.4, 0.5) is 13.2 Å². The van der Waals surface area contributed by atoms with Crippen molar-refractivity contribution in [3.63, 3.8) is 0 Å². The Morgan fingerprint density at radius 3 is 2.56 bits per heavy atom. The Hall–Kier alpha value is -2.21. The molecule has 0 fully saturated rings. The molecule has 27 heavy (non-hydrogen) atoms. The minimum absolute atomic E-state index is 0.0643. The van der Waals surface area contributed by atoms with Gasteiger partial charge in [0.1, 0.15) is 4.60 Å². The third-order valence-electron chi connectivity index (χ3n) is 3.75. The molecule has 0 saturated heterocycles. The fourth-order valence-corrected chi connectivity index (χ4v) is 2.97. The molecule has 0 saturated carbocycles. The summed E-state index contributed by atoms with van der Waals surface area (Å²) >= 11 is 3.41. The van der Waals surface area contributed by atoms with Gasteiger partial charge in [-0.1, -0.05) is 0 Å². The molecule has 12 heteroatoms. The number of hydrogen-bond acceptors (Lipinski definition) is 5. The molecule has 0 aromatic carbocycles. The lowest BCUT2D eigenvalue weighted by atomic mass is 10.1. The van der Waals surface area contributed by atoms with Gasteiger partial charge in [0.15, 0.2) is 0 Å². The average Bonchev–Trinajstić information content (AvgIpc) is 2.75. The van der Waals surface area contributed by atoms with Gasteiger partial charge in [-0.15, -0.1) is 0 Å². The second-order valence-electron chi connectivity index (χ2n) is 5.77. The van der Waals surface area contributed by atoms with Gasteiger partial charge in [-0.3, -0.25) is 14.0 Å². The molecule has 8 nitrogen and oxygen atoms in total. The Morgan fingerprint density at radius 1 is 1.37 bits per heavy atom. The van der Waals surface area contributed by atoms with E-state index in [1.165, 1.54) is 0 Å². The first-order valence-corrected chi connectivity index (χ1v) is 8.65. The lowest BCUT2D eigenvalue weighted by molar-refractivity contribution is -0.192. The number of carbonyl (C=O) groups is 1. The Bertz CT molecular complexity index is 879. The van der Waals surface area contributed by atoms with Crippen LogP contribution in [0.5, 0.6) is 0 Å². The molecule has 0 spiro atoms. The predicted molar refractivity (Wildman–Crippen MR) is 92.5 cm³/mol. The molecule has 1 aliphatic heterocycles. The van der Waals surface area contributed by atoms with Crippen molar-refractivity contribution in [3.8, 4) is 0 Å². The predicted octanol–water partition coefficient (Wildman–Crippen LogP) is 1.11. The lowest BCUT2D eigenvalue weighted by Crippen LogP contribution is -2.27. The maximum absolute atomic E-state index is 12.5. The van der Waals surface area contributed by atoms with Crippen molar-refractivity contribution >= 4 is 21.9 Å². The Kier molecular flexibility index (Phi) is 6.76. The van der Waals surface area contributed by atoms with Gasteiger partial charge in [-0.25, -0.2) is 9.78 Å². The Morgan fingerprint density at radius 2 is 2.00 bits per heavy atom. The van der Waals surface area contributed by atoms with Crippen LogP contribution in [0.1, 0.15) is 16.8 Å². The molecule has 0 amide bonds. The molecule has 0 aliphatic carbocycles. The molecule has 0 atom stereocenters. The van der Waals surface area contributed by atoms with Gasteiger partial charge in [0.05, 0.1) is 18.6 Å². The third-order valence-corrected chi connectivity index (χ3v) is 4.41. The van der Waals surface area contributed by atoms with E-state index in [4.69, 9.17) is 9.90 Å². The van der Waals surface area contributed by atoms with Crippen molar-refractivity contribution in [3.05, 3.63) is 44.3 Å². The molecule has 3 heterocycles. The first kappa shape index (κ1) is 21.1. The van der Waals surface area contributed by atoms with Crippen LogP contribution in [-0.4, -0.2) is 49.7 Å². The van der Waals surface area contributed by atoms with Crippen LogP contribution in [-0.2, 0) is 31.2 Å². The smallest absolute Gasteiger partial charge is 0.475 e. The molecule has 0 bridgehead atoms. The molecule has 2 N–H and O–H groups in total. The summed E-state index contributed by atoms with van der Waals surface area (Å²) in [6.45, 7) is 2.21. The Labute approximate surface area is 160 Å². The summed E-state index contributed by atoms with van der Waals surface area (Å²) in [5.74, 6) is -2.76. The molecular formula is C15H17BrF3N5O3. The van der Waals surface area contributed by atoms with E-state index in [0.717, 1.165) is 47.4 Å². The third kappa shape index (κ3) is 5.63. The van der Waals surface area contributed by atoms with E-state index in [-0.39, 0.29) is 5.56 Å². The van der Waals surface area contributed by atoms with Crippen LogP contribution in [0.15, 0.2) is 21.9 Å². The highest BCUT2D eigenvalue weighted by Crippen LogP contribution is 2.15. The molecule has 0 radical (unpaired) electrons. The average molecular weight is 452 g/mol. The van der Waals surface area contributed by atoms with E-state index in [1.54, 1.807) is 15.6 Å². The highest BCUT2D eigenvalue weighted by molar-refractivity contribution is 9.10. The number of hydrogen-bond donors (Lipinski definition) is 2. The van der Waals surface area contributed by atoms with E-state index < -0.39 is 12.1 Å². The maximum Gasteiger partial charge on any atom is 0.490 e. The fourth-order valence-electron chi connectivity index (χ4n) is 2.49. The topological polar surface area (TPSA) is 102 Å². The van der Waals surface area contributed by atoms with E-state index in [2.05, 4.69) is 31.3 Å². The summed E-state index contributed by atoms with van der Waals surface area (Å²) in [5.41, 5.74) is 2.82. The van der Waals surface area contributed by atoms with Crippen LogP contribution in [0, 0.1) is 0 Å². The number of aryl methyl sites for hydroxylation is 1. The number of nitrogens with zero attached hydrogens (tertiary/aromatic N) is 4. The number of aromatic nitrogens is 4. The number of halogens is 4. The molecular weight excluding hydrogens is 435 g/mol. The van der Waals surface area contributed by atoms with E-state index >= 15 is 0 Å². The van der Waals surface area contributed by atoms with Crippen molar-refractivity contribution in [2.45, 2.75) is 25.6 Å². The SMILES string of the molecule is Cn1cc(Cn2cnc3c(c2=O)CCNCC3)c(Br)n1.O=C(O)C(F)(F)F. The molecule has 2 aromatic rings. The maximum atomic E-state index is 12.5. The number of carboxylic acid groups (broad SMARTS) is 1. The van der Waals surface area contributed by atoms with E-state index in [0.29, 0.717) is 6.54 Å². The first-order valence-electron chi connectivity index (χ1n) is 7.85. The van der Waals surface area contributed by atoms with Gasteiger partial charge in [0, 0.05) is 37.3 Å². The highest BCUT2D eigenvalue weighted by atomic mass is 79.9. The fraction of sp³-hybridized carbons (Fsp3) is 0.467. The standard InChI is InChI=1S/C13H16BrN5O.C2HF3O2/c1-18-6-9(12(14)17-18)7-19-8-16-11-3-5-15-4-2-10(11)13(19)20;3-2(4,5)1(6)7/h6,8,15H,2-5,7H2,1H3;(H,6,7). The first-order chi connectivity index (χ1) is 12.6. The summed E-state index contributed by atoms with van der Waals surface area (Å²) in [4.78, 5) is 25.9. The van der Waals surface area contributed by atoms with Crippen molar-refractivity contribution < 1.29 is 23.1 Å². The van der Waals surface area contributed by atoms with Crippen LogP contribution in [0.2, 0.25) is 0 Å². The minimum Gasteiger partial charge on any atom is -0.475 e. The molecule has 0 unspecified atom stereocenters. The highest BCUT2D eigenvalue weighted by Gasteiger charge is 2.38. The number of nitrogens with one attached hydrogen (secondary N) is 1. The van der Waals surface area contributed by atoms with Gasteiger partial charge in [0.25, 0.3) is 5.56 Å². The summed E-state index contributed by atoms with van der Waals surface area (Å²) in [6, 6.07) is 0. The zero-order valence-corrected chi connectivity index (χ0v) is 15.8. The zero-order chi connectivity index (χ0) is 20.2. The van der Waals surface area contributed by atoms with Crippen molar-refractivity contribution in [1.82, 2.24) is 24.6 Å². The minimum atomic E-state index is -5.08. The number of alkyl halides is 3. The Balaban J connectivity index is 0.000000321. The van der Waals surface area contributed by atoms with Crippen molar-refractivity contribution in [1.29, 1.82) is 0 Å². The van der Waals surface area contributed by atoms with Gasteiger partial charge < -0.3 is 10.4 Å². The quantitative estimate of drug-likeness (QED) is 0.708. The lowest BCUT2D eigenvalue weighted by Gasteiger charge is -2.09. The van der Waals surface area contributed by atoms with Crippen LogP contribution < -0.4 is 10.9 Å². The van der Waals surface area contributed by atoms with Gasteiger partial charge in [-0.05, 0) is 28.9 Å². The van der Waals surface area contributed by atoms with Gasteiger partial charge >= 0.3 is 12.1 Å². The second-order valence-corrected chi connectivity index (χ2v) is 6.53. The summed E-state index contributed by atoms with van der Waals surface area (Å²) in [7, 11) is 1.86. The van der Waals surface area contributed by atoms with E-state index in [1.807, 2.05) is 13.2 Å². The zero-order valence-electron chi connectivity index (χ0n) is 14.3. The summed E-state index contributed by atoms with van der Waals surface area (Å²) < 4.78 is 35.9. The monoisotopic (exact) mass is 451 g/mol. The molecule has 1 aliphatic rings. The largest absolute Gasteiger partial charge is 0.490 e. The van der Waals surface area contributed by atoms with Crippen LogP contribution in [0.3, 0.4) is 0 Å². The van der Waals surface area contributed by atoms with E-state index in [9.17, 15) is 18.0 Å². The van der Waals surface area contributed by atoms with Crippen LogP contribution >= 0.6 is 15.9 Å².